The van der Waals surface area contributed by atoms with Crippen LogP contribution in [0.4, 0.5) is 5.69 Å². The number of aromatic nitrogens is 1. The van der Waals surface area contributed by atoms with Crippen LogP contribution in [0.25, 0.3) is 0 Å². The van der Waals surface area contributed by atoms with Crippen molar-refractivity contribution in [1.29, 1.82) is 0 Å². The zero-order valence-electron chi connectivity index (χ0n) is 8.46. The van der Waals surface area contributed by atoms with E-state index >= 15 is 0 Å². The van der Waals surface area contributed by atoms with E-state index in [1.807, 2.05) is 19.3 Å². The fourth-order valence-electron chi connectivity index (χ4n) is 1.19. The van der Waals surface area contributed by atoms with Gasteiger partial charge < -0.3 is 23.5 Å². The Morgan fingerprint density at radius 3 is 2.57 bits per heavy atom. The fraction of sp³-hybridized carbons (Fsp3) is 0.444. The molecular formula is C9H17Cl2N3. The molecule has 5 heteroatoms. The second kappa shape index (κ2) is 7.85. The molecule has 0 amide bonds. The predicted molar refractivity (Wildman–Crippen MR) is 57.2 cm³/mol. The van der Waals surface area contributed by atoms with Gasteiger partial charge in [-0.2, -0.15) is 0 Å². The normalized spacial score (nSPS) is 8.50. The molecule has 0 unspecified atom stereocenters. The van der Waals surface area contributed by atoms with Crippen LogP contribution in [-0.2, 0) is 6.54 Å². The van der Waals surface area contributed by atoms with E-state index in [0.29, 0.717) is 6.54 Å². The van der Waals surface area contributed by atoms with Gasteiger partial charge in [-0.05, 0) is 0 Å². The lowest BCUT2D eigenvalue weighted by molar-refractivity contribution is -0.700. The van der Waals surface area contributed by atoms with Crippen LogP contribution < -0.4 is 28.0 Å². The number of hydrogen-bond donors (Lipinski definition) is 2. The van der Waals surface area contributed by atoms with E-state index in [1.165, 1.54) is 5.69 Å². The van der Waals surface area contributed by atoms with Crippen molar-refractivity contribution in [2.45, 2.75) is 13.5 Å². The van der Waals surface area contributed by atoms with Crippen LogP contribution in [0.5, 0.6) is 0 Å². The summed E-state index contributed by atoms with van der Waals surface area (Å²) in [4.78, 5) is 0. The minimum atomic E-state index is 0. The highest BCUT2D eigenvalue weighted by Gasteiger charge is 2.04. The molecule has 0 aliphatic carbocycles. The van der Waals surface area contributed by atoms with Crippen LogP contribution >= 0.6 is 12.4 Å². The standard InChI is InChI=1S/C9H15N3.2ClH/c1-8-7-9(11-2)3-5-12(8)6-4-10;;/h3,5,7H,4,6,10H2,1-2H3;2*1H. The second-order valence-electron chi connectivity index (χ2n) is 2.79. The molecule has 14 heavy (non-hydrogen) atoms. The molecule has 82 valence electrons. The van der Waals surface area contributed by atoms with Crippen LogP contribution in [0.1, 0.15) is 5.69 Å². The molecule has 1 aromatic rings. The number of rotatable bonds is 3. The van der Waals surface area contributed by atoms with Crippen molar-refractivity contribution in [2.75, 3.05) is 18.9 Å². The Bertz CT molecular complexity index is 266. The first-order valence-corrected chi connectivity index (χ1v) is 4.16. The van der Waals surface area contributed by atoms with Crippen LogP contribution in [-0.4, -0.2) is 13.6 Å². The number of aryl methyl sites for hydroxylation is 1. The maximum atomic E-state index is 5.46. The van der Waals surface area contributed by atoms with Crippen LogP contribution in [0.2, 0.25) is 0 Å². The van der Waals surface area contributed by atoms with E-state index in [9.17, 15) is 0 Å². The van der Waals surface area contributed by atoms with Gasteiger partial charge in [0.25, 0.3) is 0 Å². The Kier molecular flexibility index (Phi) is 8.94. The lowest BCUT2D eigenvalue weighted by atomic mass is 10.3. The highest BCUT2D eigenvalue weighted by Crippen LogP contribution is 2.03. The number of halogens is 2. The monoisotopic (exact) mass is 237 g/mol. The lowest BCUT2D eigenvalue weighted by Gasteiger charge is -2.01. The maximum absolute atomic E-state index is 5.46. The Balaban J connectivity index is 0. The summed E-state index contributed by atoms with van der Waals surface area (Å²) in [7, 11) is 1.92. The van der Waals surface area contributed by atoms with Gasteiger partial charge in [0.1, 0.15) is 0 Å². The Morgan fingerprint density at radius 2 is 2.14 bits per heavy atom. The molecule has 0 saturated carbocycles. The summed E-state index contributed by atoms with van der Waals surface area (Å²) in [5, 5.41) is 3.09. The van der Waals surface area contributed by atoms with Crippen molar-refractivity contribution in [3.8, 4) is 0 Å². The summed E-state index contributed by atoms with van der Waals surface area (Å²) in [6.07, 6.45) is 2.05. The van der Waals surface area contributed by atoms with Gasteiger partial charge in [-0.1, -0.05) is 0 Å². The van der Waals surface area contributed by atoms with Gasteiger partial charge in [0.15, 0.2) is 18.4 Å². The number of nitrogens with zero attached hydrogens (tertiary/aromatic N) is 1. The average Bonchev–Trinajstić information content (AvgIpc) is 2.09. The maximum Gasteiger partial charge on any atom is 0.180 e. The lowest BCUT2D eigenvalue weighted by Crippen LogP contribution is -3.00. The van der Waals surface area contributed by atoms with E-state index in [0.717, 1.165) is 12.2 Å². The molecule has 0 radical (unpaired) electrons. The molecule has 0 aliphatic heterocycles. The Morgan fingerprint density at radius 1 is 1.50 bits per heavy atom. The summed E-state index contributed by atoms with van der Waals surface area (Å²) < 4.78 is 2.14. The van der Waals surface area contributed by atoms with Crippen molar-refractivity contribution in [1.82, 2.24) is 0 Å². The summed E-state index contributed by atoms with van der Waals surface area (Å²) in [5.74, 6) is 0. The molecule has 0 bridgehead atoms. The molecule has 0 fully saturated rings. The highest BCUT2D eigenvalue weighted by molar-refractivity contribution is 5.85. The highest BCUT2D eigenvalue weighted by atomic mass is 35.5. The summed E-state index contributed by atoms with van der Waals surface area (Å²) in [6, 6.07) is 4.15. The largest absolute Gasteiger partial charge is 1.00 e. The second-order valence-corrected chi connectivity index (χ2v) is 2.79. The summed E-state index contributed by atoms with van der Waals surface area (Å²) >= 11 is 0. The fourth-order valence-corrected chi connectivity index (χ4v) is 1.19. The Hall–Kier alpha value is -0.510. The number of pyridine rings is 1. The van der Waals surface area contributed by atoms with Crippen molar-refractivity contribution in [3.63, 3.8) is 0 Å². The number of hydrogen-bond acceptors (Lipinski definition) is 2. The minimum Gasteiger partial charge on any atom is -1.00 e. The molecule has 1 rings (SSSR count). The van der Waals surface area contributed by atoms with Gasteiger partial charge in [-0.25, -0.2) is 4.57 Å². The molecule has 3 N–H and O–H groups in total. The average molecular weight is 238 g/mol. The van der Waals surface area contributed by atoms with E-state index in [-0.39, 0.29) is 24.8 Å². The molecule has 0 atom stereocenters. The number of nitrogens with one attached hydrogen (secondary N) is 1. The Labute approximate surface area is 97.5 Å². The molecular weight excluding hydrogens is 221 g/mol. The van der Waals surface area contributed by atoms with Gasteiger partial charge >= 0.3 is 0 Å². The van der Waals surface area contributed by atoms with Gasteiger partial charge in [0, 0.05) is 31.8 Å². The van der Waals surface area contributed by atoms with Crippen LogP contribution in [0.15, 0.2) is 18.3 Å². The molecule has 0 saturated heterocycles. The molecule has 0 aromatic carbocycles. The van der Waals surface area contributed by atoms with Crippen LogP contribution in [0.3, 0.4) is 0 Å². The van der Waals surface area contributed by atoms with Gasteiger partial charge in [-0.15, -0.1) is 12.4 Å². The number of nitrogens with two attached hydrogens (primary N) is 1. The number of anilines is 1. The first kappa shape index (κ1) is 15.9. The van der Waals surface area contributed by atoms with Crippen molar-refractivity contribution in [3.05, 3.63) is 24.0 Å². The van der Waals surface area contributed by atoms with E-state index < -0.39 is 0 Å². The zero-order valence-corrected chi connectivity index (χ0v) is 10.0. The van der Waals surface area contributed by atoms with E-state index in [1.54, 1.807) is 0 Å². The van der Waals surface area contributed by atoms with E-state index in [4.69, 9.17) is 5.73 Å². The topological polar surface area (TPSA) is 41.9 Å². The molecule has 3 nitrogen and oxygen atoms in total. The minimum absolute atomic E-state index is 0. The van der Waals surface area contributed by atoms with Gasteiger partial charge in [0.05, 0.1) is 6.54 Å². The zero-order chi connectivity index (χ0) is 8.97. The molecule has 0 aliphatic rings. The quantitative estimate of drug-likeness (QED) is 0.582. The SMILES string of the molecule is CNc1cc[n+](CCN)c(C)c1.Cl.[Cl-]. The summed E-state index contributed by atoms with van der Waals surface area (Å²) in [5.41, 5.74) is 7.83. The third-order valence-corrected chi connectivity index (χ3v) is 1.91. The first-order chi connectivity index (χ1) is 5.77. The van der Waals surface area contributed by atoms with Crippen molar-refractivity contribution in [2.24, 2.45) is 5.73 Å². The predicted octanol–water partition coefficient (Wildman–Crippen LogP) is -2.29. The van der Waals surface area contributed by atoms with E-state index in [2.05, 4.69) is 22.9 Å². The van der Waals surface area contributed by atoms with Gasteiger partial charge in [0.2, 0.25) is 0 Å². The molecule has 1 aromatic heterocycles. The molecule has 0 spiro atoms. The van der Waals surface area contributed by atoms with Crippen LogP contribution in [0, 0.1) is 6.92 Å². The third kappa shape index (κ3) is 4.13. The van der Waals surface area contributed by atoms with Crippen molar-refractivity contribution < 1.29 is 17.0 Å². The summed E-state index contributed by atoms with van der Waals surface area (Å²) in [6.45, 7) is 3.65. The first-order valence-electron chi connectivity index (χ1n) is 4.16. The molecule has 1 heterocycles. The smallest absolute Gasteiger partial charge is 0.180 e. The third-order valence-electron chi connectivity index (χ3n) is 1.91. The van der Waals surface area contributed by atoms with Crippen molar-refractivity contribution >= 4 is 18.1 Å². The van der Waals surface area contributed by atoms with Gasteiger partial charge in [-0.3, -0.25) is 0 Å².